The number of fused-ring (bicyclic) bond motifs is 1. The number of aromatic nitrogens is 1. The van der Waals surface area contributed by atoms with E-state index in [1.54, 1.807) is 24.4 Å². The first kappa shape index (κ1) is 25.9. The van der Waals surface area contributed by atoms with Crippen LogP contribution >= 0.6 is 23.2 Å². The molecule has 2 heterocycles. The Kier molecular flexibility index (Phi) is 7.75. The first-order valence-corrected chi connectivity index (χ1v) is 13.1. The van der Waals surface area contributed by atoms with E-state index in [9.17, 15) is 5.26 Å². The van der Waals surface area contributed by atoms with E-state index >= 15 is 0 Å². The topological polar surface area (TPSA) is 96.4 Å². The van der Waals surface area contributed by atoms with E-state index < -0.39 is 0 Å². The molecule has 0 atom stereocenters. The van der Waals surface area contributed by atoms with Gasteiger partial charge in [-0.25, -0.2) is 0 Å². The number of nitrogens with one attached hydrogen (secondary N) is 1. The molecular weight excluding hydrogens is 521 g/mol. The van der Waals surface area contributed by atoms with Crippen LogP contribution in [0.25, 0.3) is 10.9 Å². The summed E-state index contributed by atoms with van der Waals surface area (Å²) in [5.41, 5.74) is 10.1. The number of piperidine rings is 1. The van der Waals surface area contributed by atoms with Crippen molar-refractivity contribution in [3.63, 3.8) is 0 Å². The Bertz CT molecular complexity index is 1510. The highest BCUT2D eigenvalue weighted by Gasteiger charge is 2.20. The van der Waals surface area contributed by atoms with Gasteiger partial charge in [0.25, 0.3) is 0 Å². The van der Waals surface area contributed by atoms with Crippen molar-refractivity contribution in [2.24, 2.45) is 0 Å². The number of likely N-dealkylation sites (tertiary alicyclic amines) is 1. The third kappa shape index (κ3) is 5.73. The predicted molar refractivity (Wildman–Crippen MR) is 153 cm³/mol. The van der Waals surface area contributed by atoms with Crippen LogP contribution in [0.3, 0.4) is 0 Å². The molecule has 1 saturated heterocycles. The van der Waals surface area contributed by atoms with Gasteiger partial charge in [0.1, 0.15) is 30.3 Å². The molecule has 0 bridgehead atoms. The number of nitrogens with two attached hydrogens (primary N) is 1. The van der Waals surface area contributed by atoms with Crippen molar-refractivity contribution >= 4 is 51.2 Å². The molecule has 1 aliphatic heterocycles. The molecule has 1 fully saturated rings. The summed E-state index contributed by atoms with van der Waals surface area (Å²) in [6.45, 7) is 2.27. The molecule has 0 spiro atoms. The first-order valence-electron chi connectivity index (χ1n) is 12.3. The highest BCUT2D eigenvalue weighted by Crippen LogP contribution is 2.37. The van der Waals surface area contributed by atoms with Gasteiger partial charge in [0.2, 0.25) is 0 Å². The molecule has 0 saturated carbocycles. The second-order valence-electron chi connectivity index (χ2n) is 9.34. The highest BCUT2D eigenvalue weighted by molar-refractivity contribution is 6.32. The Hall–Kier alpha value is -3.70. The second kappa shape index (κ2) is 11.4. The number of rotatable bonds is 7. The van der Waals surface area contributed by atoms with Crippen LogP contribution in [0.15, 0.2) is 60.8 Å². The Morgan fingerprint density at radius 1 is 1.08 bits per heavy atom. The van der Waals surface area contributed by atoms with Gasteiger partial charge in [-0.3, -0.25) is 4.98 Å². The molecule has 4 aromatic rings. The minimum atomic E-state index is 0.114. The van der Waals surface area contributed by atoms with Gasteiger partial charge in [-0.2, -0.15) is 5.26 Å². The van der Waals surface area contributed by atoms with Crippen LogP contribution in [-0.2, 0) is 6.61 Å². The fraction of sp³-hybridized carbons (Fsp3) is 0.241. The van der Waals surface area contributed by atoms with Crippen LogP contribution < -0.4 is 20.5 Å². The number of ether oxygens (including phenoxy) is 2. The number of nitrogens with zero attached hydrogens (tertiary/aromatic N) is 3. The molecule has 38 heavy (non-hydrogen) atoms. The lowest BCUT2D eigenvalue weighted by atomic mass is 10.1. The average Bonchev–Trinajstić information content (AvgIpc) is 2.91. The monoisotopic (exact) mass is 547 g/mol. The van der Waals surface area contributed by atoms with Gasteiger partial charge in [0.15, 0.2) is 0 Å². The Morgan fingerprint density at radius 3 is 2.61 bits per heavy atom. The van der Waals surface area contributed by atoms with Gasteiger partial charge >= 0.3 is 0 Å². The molecule has 9 heteroatoms. The average molecular weight is 548 g/mol. The summed E-state index contributed by atoms with van der Waals surface area (Å²) >= 11 is 12.8. The molecule has 3 N–H and O–H groups in total. The van der Waals surface area contributed by atoms with Gasteiger partial charge < -0.3 is 25.4 Å². The molecule has 5 rings (SSSR count). The van der Waals surface area contributed by atoms with Crippen LogP contribution in [0, 0.1) is 11.3 Å². The van der Waals surface area contributed by atoms with Gasteiger partial charge in [0, 0.05) is 47.0 Å². The molecule has 1 aromatic heterocycles. The molecule has 3 aromatic carbocycles. The van der Waals surface area contributed by atoms with Gasteiger partial charge in [-0.1, -0.05) is 41.4 Å². The minimum Gasteiger partial charge on any atom is -0.488 e. The SMILES string of the molecule is CN1CCC(Oc2cc3ncc(C#N)c(Nc4ccc(OCc5ccccc5Cl)c(Cl)c4)c3cc2N)CC1. The maximum absolute atomic E-state index is 9.77. The maximum atomic E-state index is 9.77. The molecule has 0 amide bonds. The van der Waals surface area contributed by atoms with Crippen molar-refractivity contribution in [1.29, 1.82) is 5.26 Å². The van der Waals surface area contributed by atoms with Crippen molar-refractivity contribution in [3.8, 4) is 17.6 Å². The third-order valence-electron chi connectivity index (χ3n) is 6.62. The number of halogens is 2. The van der Waals surface area contributed by atoms with E-state index in [0.29, 0.717) is 61.7 Å². The largest absolute Gasteiger partial charge is 0.488 e. The summed E-state index contributed by atoms with van der Waals surface area (Å²) < 4.78 is 12.1. The number of anilines is 3. The van der Waals surface area contributed by atoms with Crippen molar-refractivity contribution in [2.75, 3.05) is 31.2 Å². The van der Waals surface area contributed by atoms with Crippen molar-refractivity contribution < 1.29 is 9.47 Å². The summed E-state index contributed by atoms with van der Waals surface area (Å²) in [5.74, 6) is 1.13. The number of nitriles is 1. The van der Waals surface area contributed by atoms with Crippen LogP contribution in [0.2, 0.25) is 10.0 Å². The number of nitrogen functional groups attached to an aromatic ring is 1. The zero-order valence-corrected chi connectivity index (χ0v) is 22.4. The third-order valence-corrected chi connectivity index (χ3v) is 7.29. The summed E-state index contributed by atoms with van der Waals surface area (Å²) in [4.78, 5) is 6.78. The van der Waals surface area contributed by atoms with Crippen molar-refractivity contribution in [3.05, 3.63) is 82.0 Å². The van der Waals surface area contributed by atoms with Gasteiger partial charge in [0.05, 0.1) is 27.5 Å². The number of hydrogen-bond donors (Lipinski definition) is 2. The van der Waals surface area contributed by atoms with E-state index in [1.165, 1.54) is 0 Å². The van der Waals surface area contributed by atoms with E-state index in [1.807, 2.05) is 36.4 Å². The zero-order valence-electron chi connectivity index (χ0n) is 20.9. The van der Waals surface area contributed by atoms with E-state index in [4.69, 9.17) is 38.4 Å². The summed E-state index contributed by atoms with van der Waals surface area (Å²) in [6, 6.07) is 18.7. The van der Waals surface area contributed by atoms with Crippen LogP contribution in [0.4, 0.5) is 17.1 Å². The fourth-order valence-electron chi connectivity index (χ4n) is 4.45. The Morgan fingerprint density at radius 2 is 1.87 bits per heavy atom. The summed E-state index contributed by atoms with van der Waals surface area (Å²) in [6.07, 6.45) is 3.55. The predicted octanol–water partition coefficient (Wildman–Crippen LogP) is 6.79. The Balaban J connectivity index is 1.38. The molecule has 0 aliphatic carbocycles. The van der Waals surface area contributed by atoms with Gasteiger partial charge in [-0.15, -0.1) is 0 Å². The smallest absolute Gasteiger partial charge is 0.144 e. The van der Waals surface area contributed by atoms with E-state index in [0.717, 1.165) is 31.5 Å². The standard InChI is InChI=1S/C29H27Cl2N5O2/c1-36-10-8-21(9-11-36)38-28-14-26-22(13-25(28)33)29(19(15-32)16-34-26)35-20-6-7-27(24(31)12-20)37-17-18-4-2-3-5-23(18)30/h2-7,12-14,16,21H,8-11,17,33H2,1H3,(H,34,35). The van der Waals surface area contributed by atoms with Crippen LogP contribution in [0.1, 0.15) is 24.0 Å². The van der Waals surface area contributed by atoms with Crippen molar-refractivity contribution in [1.82, 2.24) is 9.88 Å². The highest BCUT2D eigenvalue weighted by atomic mass is 35.5. The molecule has 0 unspecified atom stereocenters. The van der Waals surface area contributed by atoms with Crippen molar-refractivity contribution in [2.45, 2.75) is 25.6 Å². The minimum absolute atomic E-state index is 0.114. The maximum Gasteiger partial charge on any atom is 0.144 e. The molecule has 0 radical (unpaired) electrons. The normalized spacial score (nSPS) is 14.3. The first-order chi connectivity index (χ1) is 18.4. The second-order valence-corrected chi connectivity index (χ2v) is 10.2. The zero-order chi connectivity index (χ0) is 26.6. The Labute approximate surface area is 231 Å². The van der Waals surface area contributed by atoms with Gasteiger partial charge in [-0.05, 0) is 50.2 Å². The molecule has 194 valence electrons. The lowest BCUT2D eigenvalue weighted by molar-refractivity contribution is 0.115. The van der Waals surface area contributed by atoms with Crippen LogP contribution in [-0.4, -0.2) is 36.1 Å². The quantitative estimate of drug-likeness (QED) is 0.246. The lowest BCUT2D eigenvalue weighted by Crippen LogP contribution is -2.35. The fourth-order valence-corrected chi connectivity index (χ4v) is 4.88. The van der Waals surface area contributed by atoms with E-state index in [-0.39, 0.29) is 6.10 Å². The number of benzene rings is 3. The number of hydrogen-bond acceptors (Lipinski definition) is 7. The molecule has 7 nitrogen and oxygen atoms in total. The number of pyridine rings is 1. The summed E-state index contributed by atoms with van der Waals surface area (Å²) in [7, 11) is 2.11. The molecular formula is C29H27Cl2N5O2. The van der Waals surface area contributed by atoms with E-state index in [2.05, 4.69) is 28.3 Å². The molecule has 1 aliphatic rings. The lowest BCUT2D eigenvalue weighted by Gasteiger charge is -2.29. The van der Waals surface area contributed by atoms with Crippen LogP contribution in [0.5, 0.6) is 11.5 Å². The summed E-state index contributed by atoms with van der Waals surface area (Å²) in [5, 5.41) is 14.9.